The van der Waals surface area contributed by atoms with Gasteiger partial charge in [0.1, 0.15) is 5.78 Å². The van der Waals surface area contributed by atoms with Crippen molar-refractivity contribution in [3.05, 3.63) is 41.5 Å². The second-order valence-electron chi connectivity index (χ2n) is 3.86. The Morgan fingerprint density at radius 1 is 1.06 bits per heavy atom. The van der Waals surface area contributed by atoms with Gasteiger partial charge in [0, 0.05) is 12.8 Å². The number of carbonyl (C=O) groups is 2. The molecule has 2 nitrogen and oxygen atoms in total. The standard InChI is InChI=1S/C14H16O2/c1-11(14(16)9-8-12(2)15)10-13-6-4-3-5-7-13/h3-7,10H,8-9H2,1-2H3/b11-10+. The first-order valence-electron chi connectivity index (χ1n) is 5.35. The third-order valence-electron chi connectivity index (χ3n) is 2.33. The van der Waals surface area contributed by atoms with E-state index in [2.05, 4.69) is 0 Å². The fraction of sp³-hybridized carbons (Fsp3) is 0.286. The highest BCUT2D eigenvalue weighted by molar-refractivity contribution is 6.00. The lowest BCUT2D eigenvalue weighted by molar-refractivity contribution is -0.121. The lowest BCUT2D eigenvalue weighted by atomic mass is 10.0. The van der Waals surface area contributed by atoms with E-state index in [9.17, 15) is 9.59 Å². The normalized spacial score (nSPS) is 11.2. The summed E-state index contributed by atoms with van der Waals surface area (Å²) in [5, 5.41) is 0. The van der Waals surface area contributed by atoms with Gasteiger partial charge in [-0.3, -0.25) is 4.79 Å². The van der Waals surface area contributed by atoms with Crippen LogP contribution in [0, 0.1) is 0 Å². The van der Waals surface area contributed by atoms with Crippen LogP contribution in [0.3, 0.4) is 0 Å². The van der Waals surface area contributed by atoms with Gasteiger partial charge in [0.2, 0.25) is 0 Å². The van der Waals surface area contributed by atoms with Crippen LogP contribution in [0.5, 0.6) is 0 Å². The van der Waals surface area contributed by atoms with Crippen LogP contribution in [-0.2, 0) is 9.59 Å². The molecule has 0 N–H and O–H groups in total. The molecule has 0 amide bonds. The van der Waals surface area contributed by atoms with E-state index in [4.69, 9.17) is 0 Å². The van der Waals surface area contributed by atoms with Gasteiger partial charge in [-0.05, 0) is 31.1 Å². The fourth-order valence-corrected chi connectivity index (χ4v) is 1.37. The lowest BCUT2D eigenvalue weighted by Crippen LogP contribution is -2.02. The van der Waals surface area contributed by atoms with E-state index in [1.54, 1.807) is 6.92 Å². The Bertz CT molecular complexity index is 402. The highest BCUT2D eigenvalue weighted by atomic mass is 16.1. The zero-order valence-corrected chi connectivity index (χ0v) is 9.69. The Kier molecular flexibility index (Phi) is 4.65. The second kappa shape index (κ2) is 6.01. The Labute approximate surface area is 96.0 Å². The molecule has 84 valence electrons. The van der Waals surface area contributed by atoms with E-state index >= 15 is 0 Å². The molecule has 2 heteroatoms. The first-order valence-corrected chi connectivity index (χ1v) is 5.35. The monoisotopic (exact) mass is 216 g/mol. The maximum absolute atomic E-state index is 11.6. The van der Waals surface area contributed by atoms with Crippen LogP contribution >= 0.6 is 0 Å². The third-order valence-corrected chi connectivity index (χ3v) is 2.33. The Morgan fingerprint density at radius 3 is 2.25 bits per heavy atom. The summed E-state index contributed by atoms with van der Waals surface area (Å²) in [7, 11) is 0. The first kappa shape index (κ1) is 12.4. The van der Waals surface area contributed by atoms with Crippen LogP contribution in [-0.4, -0.2) is 11.6 Å². The number of Topliss-reactive ketones (excluding diaryl/α,β-unsaturated/α-hetero) is 2. The topological polar surface area (TPSA) is 34.1 Å². The first-order chi connectivity index (χ1) is 7.59. The lowest BCUT2D eigenvalue weighted by Gasteiger charge is -1.99. The average Bonchev–Trinajstić information content (AvgIpc) is 2.27. The molecule has 1 aromatic rings. The molecule has 0 aliphatic heterocycles. The molecule has 0 aromatic heterocycles. The minimum Gasteiger partial charge on any atom is -0.300 e. The predicted molar refractivity (Wildman–Crippen MR) is 65.0 cm³/mol. The van der Waals surface area contributed by atoms with Crippen molar-refractivity contribution in [1.29, 1.82) is 0 Å². The summed E-state index contributed by atoms with van der Waals surface area (Å²) in [5.74, 6) is 0.0971. The van der Waals surface area contributed by atoms with Gasteiger partial charge in [0.05, 0.1) is 0 Å². The molecular weight excluding hydrogens is 200 g/mol. The van der Waals surface area contributed by atoms with Gasteiger partial charge in [-0.15, -0.1) is 0 Å². The molecule has 0 spiro atoms. The zero-order valence-electron chi connectivity index (χ0n) is 9.69. The van der Waals surface area contributed by atoms with Gasteiger partial charge < -0.3 is 4.79 Å². The van der Waals surface area contributed by atoms with E-state index in [1.165, 1.54) is 6.92 Å². The quantitative estimate of drug-likeness (QED) is 0.709. The smallest absolute Gasteiger partial charge is 0.159 e. The van der Waals surface area contributed by atoms with E-state index in [-0.39, 0.29) is 11.6 Å². The van der Waals surface area contributed by atoms with E-state index in [1.807, 2.05) is 36.4 Å². The minimum atomic E-state index is 0.0408. The zero-order chi connectivity index (χ0) is 12.0. The molecular formula is C14H16O2. The molecule has 0 bridgehead atoms. The van der Waals surface area contributed by atoms with Crippen molar-refractivity contribution in [2.75, 3.05) is 0 Å². The molecule has 0 saturated carbocycles. The fourth-order valence-electron chi connectivity index (χ4n) is 1.37. The van der Waals surface area contributed by atoms with E-state index in [0.29, 0.717) is 18.4 Å². The summed E-state index contributed by atoms with van der Waals surface area (Å²) in [5.41, 5.74) is 1.71. The molecule has 1 aromatic carbocycles. The Balaban J connectivity index is 2.63. The summed E-state index contributed by atoms with van der Waals surface area (Å²) in [6, 6.07) is 9.69. The Hall–Kier alpha value is -1.70. The summed E-state index contributed by atoms with van der Waals surface area (Å²) < 4.78 is 0. The highest BCUT2D eigenvalue weighted by Crippen LogP contribution is 2.09. The van der Waals surface area contributed by atoms with Crippen LogP contribution in [0.1, 0.15) is 32.3 Å². The molecule has 0 heterocycles. The summed E-state index contributed by atoms with van der Waals surface area (Å²) in [4.78, 5) is 22.4. The molecule has 1 rings (SSSR count). The van der Waals surface area contributed by atoms with E-state index < -0.39 is 0 Å². The van der Waals surface area contributed by atoms with Gasteiger partial charge in [-0.2, -0.15) is 0 Å². The van der Waals surface area contributed by atoms with Crippen molar-refractivity contribution in [2.45, 2.75) is 26.7 Å². The van der Waals surface area contributed by atoms with Crippen LogP contribution < -0.4 is 0 Å². The van der Waals surface area contributed by atoms with Crippen molar-refractivity contribution < 1.29 is 9.59 Å². The van der Waals surface area contributed by atoms with Crippen LogP contribution in [0.25, 0.3) is 6.08 Å². The Morgan fingerprint density at radius 2 is 1.69 bits per heavy atom. The van der Waals surface area contributed by atoms with Crippen LogP contribution in [0.4, 0.5) is 0 Å². The molecule has 0 aliphatic carbocycles. The van der Waals surface area contributed by atoms with Gasteiger partial charge in [-0.1, -0.05) is 30.3 Å². The average molecular weight is 216 g/mol. The minimum absolute atomic E-state index is 0.0408. The summed E-state index contributed by atoms with van der Waals surface area (Å²) in [6.07, 6.45) is 2.49. The number of rotatable bonds is 5. The van der Waals surface area contributed by atoms with Crippen molar-refractivity contribution in [3.63, 3.8) is 0 Å². The number of allylic oxidation sites excluding steroid dienone is 1. The number of hydrogen-bond acceptors (Lipinski definition) is 2. The van der Waals surface area contributed by atoms with Crippen molar-refractivity contribution in [2.24, 2.45) is 0 Å². The van der Waals surface area contributed by atoms with Gasteiger partial charge in [0.25, 0.3) is 0 Å². The van der Waals surface area contributed by atoms with Gasteiger partial charge in [0.15, 0.2) is 5.78 Å². The summed E-state index contributed by atoms with van der Waals surface area (Å²) >= 11 is 0. The van der Waals surface area contributed by atoms with Crippen molar-refractivity contribution in [1.82, 2.24) is 0 Å². The number of benzene rings is 1. The maximum Gasteiger partial charge on any atom is 0.159 e. The molecule has 0 saturated heterocycles. The summed E-state index contributed by atoms with van der Waals surface area (Å²) in [6.45, 7) is 3.29. The molecule has 0 atom stereocenters. The highest BCUT2D eigenvalue weighted by Gasteiger charge is 2.05. The van der Waals surface area contributed by atoms with Crippen molar-refractivity contribution in [3.8, 4) is 0 Å². The van der Waals surface area contributed by atoms with Gasteiger partial charge >= 0.3 is 0 Å². The van der Waals surface area contributed by atoms with E-state index in [0.717, 1.165) is 5.56 Å². The number of hydrogen-bond donors (Lipinski definition) is 0. The molecule has 0 aliphatic rings. The van der Waals surface area contributed by atoms with Gasteiger partial charge in [-0.25, -0.2) is 0 Å². The number of carbonyl (C=O) groups excluding carboxylic acids is 2. The van der Waals surface area contributed by atoms with Crippen LogP contribution in [0.2, 0.25) is 0 Å². The molecule has 16 heavy (non-hydrogen) atoms. The molecule has 0 fully saturated rings. The van der Waals surface area contributed by atoms with Crippen LogP contribution in [0.15, 0.2) is 35.9 Å². The molecule has 0 radical (unpaired) electrons. The maximum atomic E-state index is 11.6. The second-order valence-corrected chi connectivity index (χ2v) is 3.86. The molecule has 0 unspecified atom stereocenters. The predicted octanol–water partition coefficient (Wildman–Crippen LogP) is 3.03. The van der Waals surface area contributed by atoms with Crippen molar-refractivity contribution >= 4 is 17.6 Å². The largest absolute Gasteiger partial charge is 0.300 e. The third kappa shape index (κ3) is 4.22. The number of ketones is 2. The SMILES string of the molecule is CC(=O)CCC(=O)/C(C)=C/c1ccccc1.